The molecule has 1 aliphatic heterocycles. The lowest BCUT2D eigenvalue weighted by Gasteiger charge is -2.17. The minimum absolute atomic E-state index is 0.203. The normalized spacial score (nSPS) is 18.2. The second kappa shape index (κ2) is 7.41. The van der Waals surface area contributed by atoms with E-state index >= 15 is 0 Å². The molecule has 1 aliphatic rings. The topological polar surface area (TPSA) is 67.6 Å². The summed E-state index contributed by atoms with van der Waals surface area (Å²) in [4.78, 5) is 32.0. The number of amides is 1. The molecule has 1 amide bonds. The van der Waals surface area contributed by atoms with Gasteiger partial charge in [0.15, 0.2) is 10.9 Å². The van der Waals surface area contributed by atoms with Gasteiger partial charge >= 0.3 is 0 Å². The summed E-state index contributed by atoms with van der Waals surface area (Å²) in [6, 6.07) is 14.2. The van der Waals surface area contributed by atoms with Crippen LogP contribution in [0.3, 0.4) is 0 Å². The monoisotopic (exact) mass is 412 g/mol. The van der Waals surface area contributed by atoms with E-state index in [1.165, 1.54) is 16.4 Å². The third-order valence-electron chi connectivity index (χ3n) is 4.43. The largest absolute Gasteiger partial charge is 0.285 e. The molecular weight excluding hydrogens is 396 g/mol. The Balaban J connectivity index is 1.78. The summed E-state index contributed by atoms with van der Waals surface area (Å²) in [5, 5.41) is 6.72. The predicted molar refractivity (Wildman–Crippen MR) is 114 cm³/mol. The average Bonchev–Trinajstić information content (AvgIpc) is 3.06. The van der Waals surface area contributed by atoms with Gasteiger partial charge in [-0.3, -0.25) is 14.5 Å². The SMILES string of the molecule is C[C@H]1CN(C(=O)c2nn(C)c(=O)c3ccccc23)C(=Nc2ccc(Cl)cc2)S1. The molecule has 0 unspecified atom stereocenters. The molecule has 1 saturated heterocycles. The first-order chi connectivity index (χ1) is 13.4. The molecule has 1 atom stereocenters. The number of aryl methyl sites for hydroxylation is 1. The second-order valence-corrected chi connectivity index (χ2v) is 8.38. The number of aliphatic imine (C=N–C) groups is 1. The molecule has 1 aromatic heterocycles. The number of thioether (sulfide) groups is 1. The van der Waals surface area contributed by atoms with Gasteiger partial charge in [-0.25, -0.2) is 9.67 Å². The van der Waals surface area contributed by atoms with E-state index in [1.807, 2.05) is 6.92 Å². The summed E-state index contributed by atoms with van der Waals surface area (Å²) in [5.74, 6) is -0.267. The molecule has 28 heavy (non-hydrogen) atoms. The highest BCUT2D eigenvalue weighted by molar-refractivity contribution is 8.14. The first kappa shape index (κ1) is 18.7. The zero-order valence-electron chi connectivity index (χ0n) is 15.3. The molecule has 142 valence electrons. The summed E-state index contributed by atoms with van der Waals surface area (Å²) < 4.78 is 1.21. The highest BCUT2D eigenvalue weighted by Crippen LogP contribution is 2.30. The Morgan fingerprint density at radius 1 is 1.18 bits per heavy atom. The Bertz CT molecular complexity index is 1160. The van der Waals surface area contributed by atoms with E-state index < -0.39 is 0 Å². The van der Waals surface area contributed by atoms with Gasteiger partial charge in [0.1, 0.15) is 0 Å². The zero-order valence-corrected chi connectivity index (χ0v) is 16.9. The number of amidine groups is 1. The Kier molecular flexibility index (Phi) is 4.95. The third kappa shape index (κ3) is 3.43. The van der Waals surface area contributed by atoms with E-state index in [9.17, 15) is 9.59 Å². The number of fused-ring (bicyclic) bond motifs is 1. The van der Waals surface area contributed by atoms with Gasteiger partial charge in [-0.2, -0.15) is 5.10 Å². The third-order valence-corrected chi connectivity index (χ3v) is 5.76. The lowest BCUT2D eigenvalue weighted by molar-refractivity contribution is 0.0849. The van der Waals surface area contributed by atoms with Crippen molar-refractivity contribution in [2.24, 2.45) is 12.0 Å². The Morgan fingerprint density at radius 2 is 1.86 bits per heavy atom. The van der Waals surface area contributed by atoms with Crippen molar-refractivity contribution in [1.82, 2.24) is 14.7 Å². The fraction of sp³-hybridized carbons (Fsp3) is 0.200. The van der Waals surface area contributed by atoms with E-state index in [4.69, 9.17) is 11.6 Å². The van der Waals surface area contributed by atoms with Crippen molar-refractivity contribution in [3.05, 3.63) is 69.6 Å². The number of hydrogen-bond acceptors (Lipinski definition) is 5. The predicted octanol–water partition coefficient (Wildman–Crippen LogP) is 3.85. The van der Waals surface area contributed by atoms with E-state index in [-0.39, 0.29) is 22.4 Å². The standard InChI is InChI=1S/C20H17ClN4O2S/c1-12-11-25(20(28-12)22-14-9-7-13(21)8-10-14)19(27)17-15-5-3-4-6-16(15)18(26)24(2)23-17/h3-10,12H,11H2,1-2H3/t12-/m0/s1. The van der Waals surface area contributed by atoms with Gasteiger partial charge in [0.2, 0.25) is 0 Å². The molecule has 0 spiro atoms. The van der Waals surface area contributed by atoms with Gasteiger partial charge in [0, 0.05) is 29.3 Å². The molecule has 8 heteroatoms. The highest BCUT2D eigenvalue weighted by Gasteiger charge is 2.33. The maximum Gasteiger partial charge on any atom is 0.280 e. The van der Waals surface area contributed by atoms with Crippen molar-refractivity contribution < 1.29 is 4.79 Å². The average molecular weight is 413 g/mol. The molecule has 0 saturated carbocycles. The molecule has 1 fully saturated rings. The van der Waals surface area contributed by atoms with Crippen molar-refractivity contribution in [3.8, 4) is 0 Å². The minimum atomic E-state index is -0.267. The Labute approximate surface area is 170 Å². The van der Waals surface area contributed by atoms with Crippen LogP contribution in [0, 0.1) is 0 Å². The Morgan fingerprint density at radius 3 is 2.57 bits per heavy atom. The van der Waals surface area contributed by atoms with Crippen molar-refractivity contribution in [2.45, 2.75) is 12.2 Å². The summed E-state index contributed by atoms with van der Waals surface area (Å²) >= 11 is 7.47. The smallest absolute Gasteiger partial charge is 0.280 e. The molecule has 3 aromatic rings. The molecule has 0 radical (unpaired) electrons. The van der Waals surface area contributed by atoms with Crippen LogP contribution < -0.4 is 5.56 Å². The summed E-state index contributed by atoms with van der Waals surface area (Å²) in [6.45, 7) is 2.57. The molecule has 6 nitrogen and oxygen atoms in total. The van der Waals surface area contributed by atoms with Crippen LogP contribution in [0.5, 0.6) is 0 Å². The maximum atomic E-state index is 13.4. The molecule has 0 aliphatic carbocycles. The molecule has 4 rings (SSSR count). The number of aromatic nitrogens is 2. The minimum Gasteiger partial charge on any atom is -0.285 e. The van der Waals surface area contributed by atoms with Crippen molar-refractivity contribution in [2.75, 3.05) is 6.54 Å². The molecule has 2 aromatic carbocycles. The van der Waals surface area contributed by atoms with E-state index in [2.05, 4.69) is 10.1 Å². The fourth-order valence-corrected chi connectivity index (χ4v) is 4.24. The molecule has 2 heterocycles. The van der Waals surface area contributed by atoms with Crippen LogP contribution in [0.1, 0.15) is 17.4 Å². The number of rotatable bonds is 2. The van der Waals surface area contributed by atoms with Gasteiger partial charge in [0.25, 0.3) is 11.5 Å². The number of nitrogens with zero attached hydrogens (tertiary/aromatic N) is 4. The number of carbonyl (C=O) groups excluding carboxylic acids is 1. The van der Waals surface area contributed by atoms with Crippen LogP contribution in [0.2, 0.25) is 5.02 Å². The van der Waals surface area contributed by atoms with Crippen LogP contribution in [0.15, 0.2) is 58.3 Å². The molecule has 0 N–H and O–H groups in total. The summed E-state index contributed by atoms with van der Waals surface area (Å²) in [5.41, 5.74) is 0.736. The van der Waals surface area contributed by atoms with Gasteiger partial charge < -0.3 is 0 Å². The lowest BCUT2D eigenvalue weighted by atomic mass is 10.1. The van der Waals surface area contributed by atoms with Gasteiger partial charge in [-0.1, -0.05) is 48.5 Å². The van der Waals surface area contributed by atoms with Crippen LogP contribution in [0.4, 0.5) is 5.69 Å². The number of benzene rings is 2. The van der Waals surface area contributed by atoms with E-state index in [0.29, 0.717) is 27.5 Å². The number of hydrogen-bond donors (Lipinski definition) is 0. The second-order valence-electron chi connectivity index (χ2n) is 6.54. The fourth-order valence-electron chi connectivity index (χ4n) is 3.08. The molecule has 0 bridgehead atoms. The number of carbonyl (C=O) groups is 1. The van der Waals surface area contributed by atoms with Crippen LogP contribution >= 0.6 is 23.4 Å². The first-order valence-corrected chi connectivity index (χ1v) is 9.98. The van der Waals surface area contributed by atoms with Crippen LogP contribution in [-0.4, -0.2) is 37.5 Å². The highest BCUT2D eigenvalue weighted by atomic mass is 35.5. The van der Waals surface area contributed by atoms with Crippen molar-refractivity contribution in [3.63, 3.8) is 0 Å². The quantitative estimate of drug-likeness (QED) is 0.641. The van der Waals surface area contributed by atoms with Crippen molar-refractivity contribution >= 4 is 50.9 Å². The first-order valence-electron chi connectivity index (χ1n) is 8.73. The Hall–Kier alpha value is -2.64. The van der Waals surface area contributed by atoms with E-state index in [0.717, 1.165) is 5.69 Å². The maximum absolute atomic E-state index is 13.4. The van der Waals surface area contributed by atoms with Crippen molar-refractivity contribution in [1.29, 1.82) is 0 Å². The van der Waals surface area contributed by atoms with Gasteiger partial charge in [-0.05, 0) is 30.3 Å². The van der Waals surface area contributed by atoms with E-state index in [1.54, 1.807) is 60.5 Å². The summed E-state index contributed by atoms with van der Waals surface area (Å²) in [7, 11) is 1.55. The molecular formula is C20H17ClN4O2S. The summed E-state index contributed by atoms with van der Waals surface area (Å²) in [6.07, 6.45) is 0. The number of halogens is 1. The lowest BCUT2D eigenvalue weighted by Crippen LogP contribution is -2.35. The van der Waals surface area contributed by atoms with Crippen LogP contribution in [-0.2, 0) is 7.05 Å². The van der Waals surface area contributed by atoms with Gasteiger partial charge in [0.05, 0.1) is 11.1 Å². The van der Waals surface area contributed by atoms with Crippen LogP contribution in [0.25, 0.3) is 10.8 Å². The van der Waals surface area contributed by atoms with Gasteiger partial charge in [-0.15, -0.1) is 0 Å². The zero-order chi connectivity index (χ0) is 19.8.